The summed E-state index contributed by atoms with van der Waals surface area (Å²) < 4.78 is 54.3. The number of anilines is 1. The van der Waals surface area contributed by atoms with Gasteiger partial charge in [0.05, 0.1) is 4.90 Å². The summed E-state index contributed by atoms with van der Waals surface area (Å²) in [6.45, 7) is 1.16. The van der Waals surface area contributed by atoms with E-state index in [9.17, 15) is 17.2 Å². The monoisotopic (exact) mass is 359 g/mol. The number of pyridine rings is 1. The molecule has 2 aliphatic rings. The molecule has 1 atom stereocenters. The molecule has 0 amide bonds. The summed E-state index contributed by atoms with van der Waals surface area (Å²) in [4.78, 5) is 4.24. The van der Waals surface area contributed by atoms with E-state index in [2.05, 4.69) is 10.3 Å². The van der Waals surface area contributed by atoms with Gasteiger partial charge in [0.25, 0.3) is 5.92 Å². The summed E-state index contributed by atoms with van der Waals surface area (Å²) in [6, 6.07) is 2.89. The molecular weight excluding hydrogens is 336 g/mol. The number of nitrogens with zero attached hydrogens (tertiary/aromatic N) is 2. The first-order valence-corrected chi connectivity index (χ1v) is 9.91. The van der Waals surface area contributed by atoms with E-state index in [4.69, 9.17) is 0 Å². The highest BCUT2D eigenvalue weighted by Gasteiger charge is 2.41. The van der Waals surface area contributed by atoms with Gasteiger partial charge < -0.3 is 5.32 Å². The number of nitrogens with one attached hydrogen (secondary N) is 1. The minimum absolute atomic E-state index is 0.0733. The molecule has 1 aromatic rings. The van der Waals surface area contributed by atoms with E-state index in [0.717, 1.165) is 19.3 Å². The average Bonchev–Trinajstić information content (AvgIpc) is 3.09. The summed E-state index contributed by atoms with van der Waals surface area (Å²) in [5.74, 6) is -3.06. The highest BCUT2D eigenvalue weighted by molar-refractivity contribution is 7.89. The third kappa shape index (κ3) is 3.69. The van der Waals surface area contributed by atoms with Crippen LogP contribution >= 0.6 is 0 Å². The van der Waals surface area contributed by atoms with Crippen molar-refractivity contribution in [3.05, 3.63) is 18.3 Å². The van der Waals surface area contributed by atoms with E-state index in [1.54, 1.807) is 0 Å². The first-order valence-electron chi connectivity index (χ1n) is 8.47. The molecule has 2 fully saturated rings. The van der Waals surface area contributed by atoms with Crippen LogP contribution in [0.3, 0.4) is 0 Å². The largest absolute Gasteiger partial charge is 0.370 e. The van der Waals surface area contributed by atoms with E-state index in [1.165, 1.54) is 22.6 Å². The lowest BCUT2D eigenvalue weighted by molar-refractivity contribution is -0.0802. The molecular formula is C16H23F2N3O2S. The topological polar surface area (TPSA) is 62.3 Å². The summed E-state index contributed by atoms with van der Waals surface area (Å²) in [6.07, 6.45) is 4.91. The maximum atomic E-state index is 13.9. The first kappa shape index (κ1) is 17.5. The van der Waals surface area contributed by atoms with Crippen molar-refractivity contribution in [2.45, 2.75) is 49.3 Å². The molecule has 1 N–H and O–H groups in total. The van der Waals surface area contributed by atoms with Crippen LogP contribution in [-0.4, -0.2) is 43.3 Å². The summed E-state index contributed by atoms with van der Waals surface area (Å²) in [5, 5.41) is 2.90. The number of rotatable bonds is 5. The summed E-state index contributed by atoms with van der Waals surface area (Å²) >= 11 is 0. The fraction of sp³-hybridized carbons (Fsp3) is 0.688. The fourth-order valence-electron chi connectivity index (χ4n) is 3.39. The minimum atomic E-state index is -3.52. The molecule has 5 nitrogen and oxygen atoms in total. The van der Waals surface area contributed by atoms with Crippen molar-refractivity contribution in [1.29, 1.82) is 0 Å². The van der Waals surface area contributed by atoms with Crippen molar-refractivity contribution < 1.29 is 17.2 Å². The second-order valence-corrected chi connectivity index (χ2v) is 8.51. The van der Waals surface area contributed by atoms with Gasteiger partial charge in [-0.05, 0) is 31.7 Å². The molecule has 134 valence electrons. The normalized spacial score (nSPS) is 24.8. The predicted octanol–water partition coefficient (Wildman–Crippen LogP) is 3.10. The summed E-state index contributed by atoms with van der Waals surface area (Å²) in [5.41, 5.74) is 0. The summed E-state index contributed by atoms with van der Waals surface area (Å²) in [7, 11) is -3.52. The van der Waals surface area contributed by atoms with Crippen LogP contribution in [0.2, 0.25) is 0 Å². The standard InChI is InChI=1S/C16H23F2N3O2S/c17-16(18)7-2-1-5-13(16)12-20-15-11-14(6-8-19-15)24(22,23)21-9-3-4-10-21/h6,8,11,13H,1-5,7,9-10,12H2,(H,19,20)/t13-/m1/s1. The second kappa shape index (κ2) is 6.92. The molecule has 3 rings (SSSR count). The van der Waals surface area contributed by atoms with E-state index in [0.29, 0.717) is 31.7 Å². The Kier molecular flexibility index (Phi) is 5.05. The quantitative estimate of drug-likeness (QED) is 0.877. The van der Waals surface area contributed by atoms with Gasteiger partial charge in [-0.3, -0.25) is 0 Å². The average molecular weight is 359 g/mol. The van der Waals surface area contributed by atoms with Gasteiger partial charge in [-0.15, -0.1) is 0 Å². The second-order valence-electron chi connectivity index (χ2n) is 6.57. The van der Waals surface area contributed by atoms with E-state index in [1.807, 2.05) is 0 Å². The van der Waals surface area contributed by atoms with Crippen LogP contribution in [0.25, 0.3) is 0 Å². The van der Waals surface area contributed by atoms with Gasteiger partial charge in [0.1, 0.15) is 5.82 Å². The SMILES string of the molecule is O=S(=O)(c1ccnc(NC[C@H]2CCCCC2(F)F)c1)N1CCCC1. The van der Waals surface area contributed by atoms with Gasteiger partial charge >= 0.3 is 0 Å². The smallest absolute Gasteiger partial charge is 0.252 e. The number of hydrogen-bond donors (Lipinski definition) is 1. The number of hydrogen-bond acceptors (Lipinski definition) is 4. The molecule has 1 saturated carbocycles. The molecule has 0 spiro atoms. The number of halogens is 2. The third-order valence-corrected chi connectivity index (χ3v) is 6.77. The number of sulfonamides is 1. The minimum Gasteiger partial charge on any atom is -0.370 e. The zero-order valence-corrected chi connectivity index (χ0v) is 14.4. The molecule has 1 aliphatic carbocycles. The van der Waals surface area contributed by atoms with E-state index >= 15 is 0 Å². The molecule has 1 aromatic heterocycles. The maximum absolute atomic E-state index is 13.9. The number of alkyl halides is 2. The maximum Gasteiger partial charge on any atom is 0.252 e. The Morgan fingerprint density at radius 3 is 2.71 bits per heavy atom. The van der Waals surface area contributed by atoms with Crippen LogP contribution in [0.4, 0.5) is 14.6 Å². The van der Waals surface area contributed by atoms with Crippen molar-refractivity contribution in [1.82, 2.24) is 9.29 Å². The Labute approximate surface area is 141 Å². The van der Waals surface area contributed by atoms with Crippen LogP contribution in [0, 0.1) is 5.92 Å². The van der Waals surface area contributed by atoms with Crippen LogP contribution in [0.1, 0.15) is 38.5 Å². The van der Waals surface area contributed by atoms with Gasteiger partial charge in [-0.25, -0.2) is 22.2 Å². The molecule has 0 radical (unpaired) electrons. The van der Waals surface area contributed by atoms with Crippen molar-refractivity contribution in [3.8, 4) is 0 Å². The lowest BCUT2D eigenvalue weighted by Gasteiger charge is -2.31. The molecule has 2 heterocycles. The third-order valence-electron chi connectivity index (χ3n) is 4.87. The van der Waals surface area contributed by atoms with Crippen molar-refractivity contribution >= 4 is 15.8 Å². The molecule has 1 aliphatic heterocycles. The van der Waals surface area contributed by atoms with E-state index < -0.39 is 21.9 Å². The number of aromatic nitrogens is 1. The highest BCUT2D eigenvalue weighted by Crippen LogP contribution is 2.38. The van der Waals surface area contributed by atoms with Crippen molar-refractivity contribution in [2.75, 3.05) is 25.0 Å². The van der Waals surface area contributed by atoms with Crippen LogP contribution in [-0.2, 0) is 10.0 Å². The van der Waals surface area contributed by atoms with Gasteiger partial charge in [-0.1, -0.05) is 6.42 Å². The molecule has 0 unspecified atom stereocenters. The van der Waals surface area contributed by atoms with Crippen molar-refractivity contribution in [2.24, 2.45) is 5.92 Å². The Morgan fingerprint density at radius 1 is 1.25 bits per heavy atom. The fourth-order valence-corrected chi connectivity index (χ4v) is 4.92. The molecule has 0 bridgehead atoms. The van der Waals surface area contributed by atoms with Gasteiger partial charge in [0, 0.05) is 44.2 Å². The van der Waals surface area contributed by atoms with Gasteiger partial charge in [0.15, 0.2) is 0 Å². The van der Waals surface area contributed by atoms with Gasteiger partial charge in [-0.2, -0.15) is 4.31 Å². The van der Waals surface area contributed by atoms with Crippen molar-refractivity contribution in [3.63, 3.8) is 0 Å². The molecule has 1 saturated heterocycles. The molecule has 0 aromatic carbocycles. The van der Waals surface area contributed by atoms with Crippen LogP contribution < -0.4 is 5.32 Å². The Morgan fingerprint density at radius 2 is 2.00 bits per heavy atom. The van der Waals surface area contributed by atoms with E-state index in [-0.39, 0.29) is 17.9 Å². The first-order chi connectivity index (χ1) is 11.4. The highest BCUT2D eigenvalue weighted by atomic mass is 32.2. The molecule has 24 heavy (non-hydrogen) atoms. The van der Waals surface area contributed by atoms with Crippen LogP contribution in [0.15, 0.2) is 23.2 Å². The lowest BCUT2D eigenvalue weighted by atomic mass is 9.85. The Bertz CT molecular complexity index is 676. The zero-order chi connectivity index (χ0) is 17.2. The zero-order valence-electron chi connectivity index (χ0n) is 13.5. The Hall–Kier alpha value is -1.28. The lowest BCUT2D eigenvalue weighted by Crippen LogP contribution is -2.36. The Balaban J connectivity index is 1.69. The van der Waals surface area contributed by atoms with Crippen LogP contribution in [0.5, 0.6) is 0 Å². The molecule has 8 heteroatoms. The predicted molar refractivity (Wildman–Crippen MR) is 87.6 cm³/mol. The van der Waals surface area contributed by atoms with Gasteiger partial charge in [0.2, 0.25) is 10.0 Å².